The van der Waals surface area contributed by atoms with Gasteiger partial charge in [-0.2, -0.15) is 0 Å². The van der Waals surface area contributed by atoms with Crippen LogP contribution in [0.2, 0.25) is 0 Å². The number of fused-ring (bicyclic) bond motifs is 1. The zero-order chi connectivity index (χ0) is 23.5. The van der Waals surface area contributed by atoms with Crippen molar-refractivity contribution >= 4 is 38.3 Å². The Kier molecular flexibility index (Phi) is 5.88. The van der Waals surface area contributed by atoms with Crippen molar-refractivity contribution in [2.24, 2.45) is 0 Å². The van der Waals surface area contributed by atoms with Gasteiger partial charge in [-0.15, -0.1) is 11.3 Å². The summed E-state index contributed by atoms with van der Waals surface area (Å²) in [4.78, 5) is 2.42. The van der Waals surface area contributed by atoms with Crippen LogP contribution in [0.15, 0.2) is 139 Å². The van der Waals surface area contributed by atoms with E-state index in [1.165, 1.54) is 49.2 Å². The zero-order valence-corrected chi connectivity index (χ0v) is 20.2. The largest absolute Gasteiger partial charge is 0.342 e. The maximum absolute atomic E-state index is 2.42. The average molecular weight is 468 g/mol. The first-order valence-corrected chi connectivity index (χ1v) is 12.8. The van der Waals surface area contributed by atoms with Crippen molar-refractivity contribution in [3.05, 3.63) is 161 Å². The van der Waals surface area contributed by atoms with E-state index in [0.29, 0.717) is 0 Å². The number of hydrogen-bond donors (Lipinski definition) is 0. The summed E-state index contributed by atoms with van der Waals surface area (Å²) in [5, 5.41) is 3.64. The highest BCUT2D eigenvalue weighted by Crippen LogP contribution is 2.36. The van der Waals surface area contributed by atoms with E-state index in [9.17, 15) is 0 Å². The predicted octanol–water partition coefficient (Wildman–Crippen LogP) is 8.88. The molecule has 0 aliphatic carbocycles. The summed E-state index contributed by atoms with van der Waals surface area (Å²) >= 11 is 1.82. The van der Waals surface area contributed by atoms with Crippen molar-refractivity contribution in [2.45, 2.75) is 6.54 Å². The Hall–Kier alpha value is -4.14. The van der Waals surface area contributed by atoms with Gasteiger partial charge in [-0.3, -0.25) is 0 Å². The lowest BCUT2D eigenvalue weighted by atomic mass is 9.99. The Morgan fingerprint density at radius 3 is 1.80 bits per heavy atom. The summed E-state index contributed by atoms with van der Waals surface area (Å²) in [6.45, 7) is 0.803. The average Bonchev–Trinajstić information content (AvgIpc) is 3.23. The molecular formula is C33H25NS. The van der Waals surface area contributed by atoms with Crippen LogP contribution in [0.3, 0.4) is 0 Å². The lowest BCUT2D eigenvalue weighted by Crippen LogP contribution is -2.15. The van der Waals surface area contributed by atoms with Gasteiger partial charge in [-0.25, -0.2) is 0 Å². The van der Waals surface area contributed by atoms with Crippen LogP contribution in [0, 0.1) is 0 Å². The van der Waals surface area contributed by atoms with E-state index < -0.39 is 0 Å². The molecule has 35 heavy (non-hydrogen) atoms. The summed E-state index contributed by atoms with van der Waals surface area (Å²) in [5.41, 5.74) is 8.58. The molecule has 2 heteroatoms. The standard InChI is InChI=1S/C33H25NS/c1-4-12-25(13-5-1)28-20-29(26-14-6-2-7-15-26)22-34(32(21-28)27-16-8-3-9-17-27)23-30-24-35-33-19-11-10-18-31(30)33/h1-22,24H,23H2. The topological polar surface area (TPSA) is 3.24 Å². The van der Waals surface area contributed by atoms with Crippen LogP contribution < -0.4 is 0 Å². The van der Waals surface area contributed by atoms with Crippen LogP contribution in [0.5, 0.6) is 0 Å². The smallest absolute Gasteiger partial charge is 0.0490 e. The summed E-state index contributed by atoms with van der Waals surface area (Å²) in [7, 11) is 0. The molecule has 0 fully saturated rings. The minimum Gasteiger partial charge on any atom is -0.342 e. The summed E-state index contributed by atoms with van der Waals surface area (Å²) in [6, 6.07) is 40.8. The molecule has 0 unspecified atom stereocenters. The SMILES string of the molecule is C1=C(c2ccccc2)C=C(c2ccccc2)N(Cc2csc3ccccc23)C=C1c1ccccc1. The van der Waals surface area contributed by atoms with Crippen LogP contribution in [-0.4, -0.2) is 4.90 Å². The summed E-state index contributed by atoms with van der Waals surface area (Å²) in [5.74, 6) is 0. The number of allylic oxidation sites excluding steroid dienone is 4. The van der Waals surface area contributed by atoms with E-state index in [-0.39, 0.29) is 0 Å². The first kappa shape index (κ1) is 21.4. The second-order valence-electron chi connectivity index (χ2n) is 8.70. The number of thiophene rings is 1. The zero-order valence-electron chi connectivity index (χ0n) is 19.3. The van der Waals surface area contributed by atoms with Crippen LogP contribution >= 0.6 is 11.3 Å². The monoisotopic (exact) mass is 467 g/mol. The third kappa shape index (κ3) is 4.49. The van der Waals surface area contributed by atoms with Gasteiger partial charge in [0.2, 0.25) is 0 Å². The van der Waals surface area contributed by atoms with E-state index in [2.05, 4.69) is 144 Å². The van der Waals surface area contributed by atoms with Crippen molar-refractivity contribution in [3.8, 4) is 0 Å². The maximum atomic E-state index is 2.42. The van der Waals surface area contributed by atoms with E-state index in [1.54, 1.807) is 0 Å². The molecule has 0 amide bonds. The molecule has 0 radical (unpaired) electrons. The Morgan fingerprint density at radius 2 is 1.11 bits per heavy atom. The van der Waals surface area contributed by atoms with Crippen molar-refractivity contribution in [1.82, 2.24) is 4.90 Å². The third-order valence-corrected chi connectivity index (χ3v) is 7.41. The highest BCUT2D eigenvalue weighted by molar-refractivity contribution is 7.17. The van der Waals surface area contributed by atoms with Gasteiger partial charge in [-0.05, 0) is 62.4 Å². The molecule has 1 nitrogen and oxygen atoms in total. The van der Waals surface area contributed by atoms with Crippen molar-refractivity contribution < 1.29 is 0 Å². The van der Waals surface area contributed by atoms with Crippen molar-refractivity contribution in [2.75, 3.05) is 0 Å². The van der Waals surface area contributed by atoms with Crippen LogP contribution in [0.25, 0.3) is 26.9 Å². The van der Waals surface area contributed by atoms with E-state index in [4.69, 9.17) is 0 Å². The quantitative estimate of drug-likeness (QED) is 0.249. The number of benzene rings is 4. The van der Waals surface area contributed by atoms with Gasteiger partial charge in [0.25, 0.3) is 0 Å². The fourth-order valence-electron chi connectivity index (χ4n) is 4.63. The summed E-state index contributed by atoms with van der Waals surface area (Å²) in [6.07, 6.45) is 6.97. The molecule has 4 aromatic carbocycles. The normalized spacial score (nSPS) is 13.7. The molecule has 0 atom stereocenters. The Balaban J connectivity index is 1.54. The molecule has 0 N–H and O–H groups in total. The molecule has 0 saturated heterocycles. The second-order valence-corrected chi connectivity index (χ2v) is 9.61. The maximum Gasteiger partial charge on any atom is 0.0490 e. The van der Waals surface area contributed by atoms with Gasteiger partial charge in [-0.1, -0.05) is 109 Å². The fourth-order valence-corrected chi connectivity index (χ4v) is 5.58. The van der Waals surface area contributed by atoms with Crippen LogP contribution in [-0.2, 0) is 6.54 Å². The summed E-state index contributed by atoms with van der Waals surface area (Å²) < 4.78 is 1.33. The third-order valence-electron chi connectivity index (χ3n) is 6.39. The van der Waals surface area contributed by atoms with Crippen LogP contribution in [0.1, 0.15) is 22.3 Å². The van der Waals surface area contributed by atoms with Gasteiger partial charge in [0.05, 0.1) is 0 Å². The molecule has 1 aliphatic rings. The van der Waals surface area contributed by atoms with Gasteiger partial charge < -0.3 is 4.90 Å². The molecule has 6 rings (SSSR count). The Morgan fingerprint density at radius 1 is 0.543 bits per heavy atom. The van der Waals surface area contributed by atoms with Gasteiger partial charge in [0.15, 0.2) is 0 Å². The molecule has 2 heterocycles. The minimum absolute atomic E-state index is 0.803. The van der Waals surface area contributed by atoms with Gasteiger partial charge in [0.1, 0.15) is 0 Å². The molecule has 0 bridgehead atoms. The lowest BCUT2D eigenvalue weighted by Gasteiger charge is -2.24. The molecule has 0 saturated carbocycles. The van der Waals surface area contributed by atoms with Gasteiger partial charge in [0, 0.05) is 23.1 Å². The van der Waals surface area contributed by atoms with Crippen molar-refractivity contribution in [3.63, 3.8) is 0 Å². The molecule has 168 valence electrons. The lowest BCUT2D eigenvalue weighted by molar-refractivity contribution is 0.532. The Bertz CT molecular complexity index is 1540. The number of hydrogen-bond acceptors (Lipinski definition) is 2. The molecular weight excluding hydrogens is 442 g/mol. The second kappa shape index (κ2) is 9.61. The Labute approximate surface area is 210 Å². The molecule has 5 aromatic rings. The van der Waals surface area contributed by atoms with Crippen LogP contribution in [0.4, 0.5) is 0 Å². The highest BCUT2D eigenvalue weighted by atomic mass is 32.1. The fraction of sp³-hybridized carbons (Fsp3) is 0.0303. The number of nitrogens with zero attached hydrogens (tertiary/aromatic N) is 1. The highest BCUT2D eigenvalue weighted by Gasteiger charge is 2.18. The first-order valence-electron chi connectivity index (χ1n) is 11.9. The molecule has 1 aliphatic heterocycles. The minimum atomic E-state index is 0.803. The number of rotatable bonds is 5. The first-order chi connectivity index (χ1) is 17.3. The van der Waals surface area contributed by atoms with E-state index in [0.717, 1.165) is 6.54 Å². The molecule has 0 spiro atoms. The van der Waals surface area contributed by atoms with Gasteiger partial charge >= 0.3 is 0 Å². The molecule has 1 aromatic heterocycles. The van der Waals surface area contributed by atoms with E-state index in [1.807, 2.05) is 11.3 Å². The van der Waals surface area contributed by atoms with E-state index >= 15 is 0 Å². The predicted molar refractivity (Wildman–Crippen MR) is 151 cm³/mol. The van der Waals surface area contributed by atoms with Crippen molar-refractivity contribution in [1.29, 1.82) is 0 Å².